The van der Waals surface area contributed by atoms with Gasteiger partial charge in [-0.15, -0.1) is 0 Å². The van der Waals surface area contributed by atoms with Crippen LogP contribution in [0.4, 0.5) is 0 Å². The van der Waals surface area contributed by atoms with Gasteiger partial charge in [0.1, 0.15) is 35.5 Å². The van der Waals surface area contributed by atoms with Gasteiger partial charge in [-0.05, 0) is 50.1 Å². The van der Waals surface area contributed by atoms with E-state index in [0.29, 0.717) is 28.2 Å². The number of hydrogen-bond acceptors (Lipinski definition) is 7. The second-order valence-electron chi connectivity index (χ2n) is 7.25. The lowest BCUT2D eigenvalue weighted by atomic mass is 9.77. The fourth-order valence-corrected chi connectivity index (χ4v) is 3.52. The number of aromatic hydroxyl groups is 1. The van der Waals surface area contributed by atoms with Crippen LogP contribution in [-0.2, 0) is 14.3 Å². The molecule has 0 aromatic heterocycles. The van der Waals surface area contributed by atoms with Gasteiger partial charge >= 0.3 is 5.97 Å². The smallest absolute Gasteiger partial charge is 0.342 e. The molecule has 0 unspecified atom stereocenters. The van der Waals surface area contributed by atoms with E-state index in [1.54, 1.807) is 25.1 Å². The van der Waals surface area contributed by atoms with Crippen molar-refractivity contribution in [1.29, 1.82) is 0 Å². The van der Waals surface area contributed by atoms with E-state index >= 15 is 0 Å². The molecular weight excluding hydrogens is 376 g/mol. The summed E-state index contributed by atoms with van der Waals surface area (Å²) in [6.45, 7) is 4.86. The number of Topliss-reactive ketones (excluding diaryl/α,β-unsaturated/α-hetero) is 1. The summed E-state index contributed by atoms with van der Waals surface area (Å²) in [4.78, 5) is 25.6. The number of benzene rings is 1. The molecule has 2 aliphatic rings. The van der Waals surface area contributed by atoms with Crippen LogP contribution in [-0.4, -0.2) is 47.4 Å². The van der Waals surface area contributed by atoms with Gasteiger partial charge in [0.15, 0.2) is 11.4 Å². The molecule has 7 nitrogen and oxygen atoms in total. The zero-order chi connectivity index (χ0) is 21.3. The van der Waals surface area contributed by atoms with Crippen LogP contribution in [0.15, 0.2) is 47.3 Å². The van der Waals surface area contributed by atoms with Gasteiger partial charge in [-0.25, -0.2) is 4.79 Å². The van der Waals surface area contributed by atoms with Crippen LogP contribution < -0.4 is 4.74 Å². The van der Waals surface area contributed by atoms with Gasteiger partial charge in [0.05, 0.1) is 7.11 Å². The fourth-order valence-electron chi connectivity index (χ4n) is 3.52. The Morgan fingerprint density at radius 1 is 1.38 bits per heavy atom. The fraction of sp³-hybridized carbons (Fsp3) is 0.364. The topological polar surface area (TPSA) is 102 Å². The quantitative estimate of drug-likeness (QED) is 0.749. The van der Waals surface area contributed by atoms with Gasteiger partial charge < -0.3 is 24.4 Å². The average molecular weight is 400 g/mol. The number of ketones is 1. The summed E-state index contributed by atoms with van der Waals surface area (Å²) in [7, 11) is 1.45. The number of phenolic OH excluding ortho intramolecular Hbond substituents is 1. The zero-order valence-corrected chi connectivity index (χ0v) is 16.8. The highest BCUT2D eigenvalue weighted by Gasteiger charge is 2.48. The third-order valence-corrected chi connectivity index (χ3v) is 5.16. The highest BCUT2D eigenvalue weighted by molar-refractivity contribution is 6.05. The molecule has 0 radical (unpaired) electrons. The molecule has 0 saturated carbocycles. The molecule has 154 valence electrons. The SMILES string of the molecule is C/C=C/C1=CC2=C(CO1)C(=O)[C@](C)(O)[C@H](OC(=O)c1c(C)cc(OC)cc1O)C2. The minimum atomic E-state index is -1.90. The van der Waals surface area contributed by atoms with Crippen LogP contribution in [0.2, 0.25) is 0 Å². The van der Waals surface area contributed by atoms with Crippen molar-refractivity contribution in [2.24, 2.45) is 0 Å². The summed E-state index contributed by atoms with van der Waals surface area (Å²) < 4.78 is 16.1. The van der Waals surface area contributed by atoms with Crippen LogP contribution >= 0.6 is 0 Å². The maximum absolute atomic E-state index is 12.8. The highest BCUT2D eigenvalue weighted by atomic mass is 16.6. The molecule has 0 fully saturated rings. The summed E-state index contributed by atoms with van der Waals surface area (Å²) in [6.07, 6.45) is 4.33. The largest absolute Gasteiger partial charge is 0.507 e. The molecule has 0 bridgehead atoms. The lowest BCUT2D eigenvalue weighted by Crippen LogP contribution is -2.53. The molecule has 1 heterocycles. The number of aliphatic hydroxyl groups is 1. The maximum Gasteiger partial charge on any atom is 0.342 e. The zero-order valence-electron chi connectivity index (χ0n) is 16.8. The van der Waals surface area contributed by atoms with E-state index in [9.17, 15) is 19.8 Å². The molecule has 2 N–H and O–H groups in total. The number of methoxy groups -OCH3 is 1. The molecule has 1 aromatic carbocycles. The van der Waals surface area contributed by atoms with Crippen molar-refractivity contribution < 1.29 is 34.0 Å². The summed E-state index contributed by atoms with van der Waals surface area (Å²) >= 11 is 0. The summed E-state index contributed by atoms with van der Waals surface area (Å²) in [5.41, 5.74) is -0.450. The van der Waals surface area contributed by atoms with E-state index in [-0.39, 0.29) is 24.3 Å². The molecular formula is C22H24O7. The third kappa shape index (κ3) is 3.78. The van der Waals surface area contributed by atoms with E-state index in [0.717, 1.165) is 0 Å². The summed E-state index contributed by atoms with van der Waals surface area (Å²) in [6, 6.07) is 2.89. The van der Waals surface area contributed by atoms with E-state index in [2.05, 4.69) is 0 Å². The second-order valence-corrected chi connectivity index (χ2v) is 7.25. The van der Waals surface area contributed by atoms with Gasteiger partial charge in [-0.1, -0.05) is 6.08 Å². The van der Waals surface area contributed by atoms with Crippen LogP contribution in [0.5, 0.6) is 11.5 Å². The molecule has 2 atom stereocenters. The Kier molecular flexibility index (Phi) is 5.53. The minimum Gasteiger partial charge on any atom is -0.507 e. The highest BCUT2D eigenvalue weighted by Crippen LogP contribution is 2.37. The molecule has 1 aliphatic heterocycles. The molecule has 1 aliphatic carbocycles. The Morgan fingerprint density at radius 2 is 2.10 bits per heavy atom. The Morgan fingerprint density at radius 3 is 2.72 bits per heavy atom. The van der Waals surface area contributed by atoms with Gasteiger partial charge in [-0.2, -0.15) is 0 Å². The number of rotatable bonds is 4. The van der Waals surface area contributed by atoms with Crippen molar-refractivity contribution in [2.45, 2.75) is 38.9 Å². The predicted molar refractivity (Wildman–Crippen MR) is 105 cm³/mol. The lowest BCUT2D eigenvalue weighted by molar-refractivity contribution is -0.146. The first-order valence-corrected chi connectivity index (χ1v) is 9.24. The monoisotopic (exact) mass is 400 g/mol. The van der Waals surface area contributed by atoms with Crippen LogP contribution in [0.3, 0.4) is 0 Å². The van der Waals surface area contributed by atoms with Gasteiger partial charge in [0, 0.05) is 18.1 Å². The first-order valence-electron chi connectivity index (χ1n) is 9.24. The lowest BCUT2D eigenvalue weighted by Gasteiger charge is -2.38. The predicted octanol–water partition coefficient (Wildman–Crippen LogP) is 2.75. The maximum atomic E-state index is 12.8. The molecule has 7 heteroatoms. The number of hydrogen-bond donors (Lipinski definition) is 2. The van der Waals surface area contributed by atoms with Crippen molar-refractivity contribution in [1.82, 2.24) is 0 Å². The molecule has 1 aromatic rings. The first kappa shape index (κ1) is 20.7. The van der Waals surface area contributed by atoms with Crippen molar-refractivity contribution in [3.63, 3.8) is 0 Å². The molecule has 3 rings (SSSR count). The van der Waals surface area contributed by atoms with Crippen LogP contribution in [0.25, 0.3) is 0 Å². The Labute approximate surface area is 168 Å². The number of esters is 1. The van der Waals surface area contributed by atoms with Gasteiger partial charge in [0.25, 0.3) is 0 Å². The Hall–Kier alpha value is -3.06. The Balaban J connectivity index is 1.91. The molecule has 29 heavy (non-hydrogen) atoms. The first-order chi connectivity index (χ1) is 13.7. The Bertz CT molecular complexity index is 927. The molecule has 0 amide bonds. The van der Waals surface area contributed by atoms with Crippen molar-refractivity contribution in [2.75, 3.05) is 13.7 Å². The number of ether oxygens (including phenoxy) is 3. The number of aryl methyl sites for hydroxylation is 1. The van der Waals surface area contributed by atoms with E-state index < -0.39 is 23.5 Å². The normalized spacial score (nSPS) is 24.1. The number of carbonyl (C=O) groups excluding carboxylic acids is 2. The van der Waals surface area contributed by atoms with E-state index in [1.165, 1.54) is 20.1 Å². The number of phenols is 1. The summed E-state index contributed by atoms with van der Waals surface area (Å²) in [5.74, 6) is -0.670. The van der Waals surface area contributed by atoms with Crippen molar-refractivity contribution in [3.05, 3.63) is 58.4 Å². The number of carbonyl (C=O) groups is 2. The van der Waals surface area contributed by atoms with Crippen molar-refractivity contribution in [3.8, 4) is 11.5 Å². The van der Waals surface area contributed by atoms with Crippen molar-refractivity contribution >= 4 is 11.8 Å². The van der Waals surface area contributed by atoms with Gasteiger partial charge in [0.2, 0.25) is 0 Å². The van der Waals surface area contributed by atoms with Crippen LogP contribution in [0.1, 0.15) is 36.2 Å². The van der Waals surface area contributed by atoms with E-state index in [4.69, 9.17) is 14.2 Å². The van der Waals surface area contributed by atoms with E-state index in [1.807, 2.05) is 13.0 Å². The third-order valence-electron chi connectivity index (χ3n) is 5.16. The molecule has 0 saturated heterocycles. The number of allylic oxidation sites excluding steroid dienone is 3. The second kappa shape index (κ2) is 7.75. The average Bonchev–Trinajstić information content (AvgIpc) is 2.65. The minimum absolute atomic E-state index is 0.0362. The summed E-state index contributed by atoms with van der Waals surface area (Å²) in [5, 5.41) is 21.0. The van der Waals surface area contributed by atoms with Crippen LogP contribution in [0, 0.1) is 6.92 Å². The standard InChI is InChI=1S/C22H24O7/c1-5-6-14-8-13-9-18(22(3,26)20(24)16(13)11-28-14)29-21(25)19-12(2)7-15(27-4)10-17(19)23/h5-8,10,18,23,26H,9,11H2,1-4H3/b6-5+/t18-,22-/m1/s1. The van der Waals surface area contributed by atoms with Gasteiger partial charge in [-0.3, -0.25) is 4.79 Å². The molecule has 0 spiro atoms.